The summed E-state index contributed by atoms with van der Waals surface area (Å²) in [6.45, 7) is 0.157. The number of nitrogens with one attached hydrogen (secondary N) is 1. The summed E-state index contributed by atoms with van der Waals surface area (Å²) in [4.78, 5) is 12.8. The lowest BCUT2D eigenvalue weighted by atomic mass is 10.1. The summed E-state index contributed by atoms with van der Waals surface area (Å²) in [5.41, 5.74) is 1.64. The molecule has 2 aromatic heterocycles. The molecule has 0 amide bonds. The first-order chi connectivity index (χ1) is 13.1. The van der Waals surface area contributed by atoms with Gasteiger partial charge in [0.05, 0.1) is 12.9 Å². The monoisotopic (exact) mass is 373 g/mol. The van der Waals surface area contributed by atoms with Gasteiger partial charge >= 0.3 is 0 Å². The number of anilines is 2. The molecule has 0 saturated carbocycles. The van der Waals surface area contributed by atoms with Crippen LogP contribution in [0.25, 0.3) is 11.2 Å². The lowest BCUT2D eigenvalue weighted by Crippen LogP contribution is -2.33. The van der Waals surface area contributed by atoms with Crippen molar-refractivity contribution in [2.45, 2.75) is 24.5 Å². The van der Waals surface area contributed by atoms with Crippen molar-refractivity contribution in [1.82, 2.24) is 19.5 Å². The van der Waals surface area contributed by atoms with Gasteiger partial charge < -0.3 is 30.1 Å². The third kappa shape index (κ3) is 3.19. The van der Waals surface area contributed by atoms with E-state index in [4.69, 9.17) is 9.47 Å². The summed E-state index contributed by atoms with van der Waals surface area (Å²) in [5.74, 6) is 0.625. The fraction of sp³-hybridized carbons (Fsp3) is 0.353. The van der Waals surface area contributed by atoms with Crippen LogP contribution in [0.15, 0.2) is 36.9 Å². The molecule has 3 heterocycles. The Balaban J connectivity index is 1.65. The van der Waals surface area contributed by atoms with Crippen molar-refractivity contribution in [3.63, 3.8) is 0 Å². The molecule has 3 aromatic rings. The number of nitrogens with zero attached hydrogens (tertiary/aromatic N) is 4. The van der Waals surface area contributed by atoms with Gasteiger partial charge in [-0.1, -0.05) is 0 Å². The second kappa shape index (κ2) is 7.08. The number of phenolic OH excluding ortho intramolecular Hbond substituents is 1. The highest BCUT2D eigenvalue weighted by molar-refractivity contribution is 5.85. The summed E-state index contributed by atoms with van der Waals surface area (Å²) >= 11 is 0. The number of hydrogen-bond donors (Lipinski definition) is 4. The standard InChI is InChI=1S/C17H19N5O5/c1-26-6-11-13(24)14(25)17(27-11)22-8-20-12-15(18-7-19-16(12)22)21-9-2-4-10(23)5-3-9/h2-5,7-8,11,13-14,17,23-25H,6H2,1H3,(H,18,19,21)/t11-,13-,14-,17-/m1/s1. The fourth-order valence-electron chi connectivity index (χ4n) is 3.07. The highest BCUT2D eigenvalue weighted by Crippen LogP contribution is 2.32. The quantitative estimate of drug-likeness (QED) is 0.473. The number of aromatic hydroxyl groups is 1. The molecular weight excluding hydrogens is 354 g/mol. The molecule has 142 valence electrons. The molecule has 27 heavy (non-hydrogen) atoms. The number of aromatic nitrogens is 4. The Labute approximate surface area is 154 Å². The van der Waals surface area contributed by atoms with Crippen LogP contribution >= 0.6 is 0 Å². The van der Waals surface area contributed by atoms with Crippen LogP contribution in [-0.2, 0) is 9.47 Å². The summed E-state index contributed by atoms with van der Waals surface area (Å²) in [6.07, 6.45) is -0.870. The van der Waals surface area contributed by atoms with Crippen molar-refractivity contribution >= 4 is 22.7 Å². The molecule has 1 aliphatic rings. The van der Waals surface area contributed by atoms with Crippen LogP contribution in [0.5, 0.6) is 5.75 Å². The average Bonchev–Trinajstić information content (AvgIpc) is 3.21. The number of aliphatic hydroxyl groups is 2. The molecule has 0 radical (unpaired) electrons. The van der Waals surface area contributed by atoms with Gasteiger partial charge in [0.2, 0.25) is 0 Å². The van der Waals surface area contributed by atoms with Crippen LogP contribution in [0, 0.1) is 0 Å². The molecule has 0 unspecified atom stereocenters. The van der Waals surface area contributed by atoms with E-state index in [1.807, 2.05) is 0 Å². The second-order valence-electron chi connectivity index (χ2n) is 6.22. The number of ether oxygens (including phenoxy) is 2. The third-order valence-corrected chi connectivity index (χ3v) is 4.43. The Morgan fingerprint density at radius 2 is 1.93 bits per heavy atom. The third-order valence-electron chi connectivity index (χ3n) is 4.43. The van der Waals surface area contributed by atoms with Crippen LogP contribution in [0.1, 0.15) is 6.23 Å². The number of methoxy groups -OCH3 is 1. The van der Waals surface area contributed by atoms with Gasteiger partial charge in [-0.05, 0) is 24.3 Å². The summed E-state index contributed by atoms with van der Waals surface area (Å²) < 4.78 is 12.3. The molecule has 10 nitrogen and oxygen atoms in total. The fourth-order valence-corrected chi connectivity index (χ4v) is 3.07. The van der Waals surface area contributed by atoms with E-state index in [9.17, 15) is 15.3 Å². The van der Waals surface area contributed by atoms with E-state index in [0.717, 1.165) is 5.69 Å². The number of rotatable bonds is 5. The first-order valence-corrected chi connectivity index (χ1v) is 8.32. The van der Waals surface area contributed by atoms with Crippen LogP contribution in [0.2, 0.25) is 0 Å². The van der Waals surface area contributed by atoms with Gasteiger partial charge in [-0.2, -0.15) is 0 Å². The van der Waals surface area contributed by atoms with Gasteiger partial charge in [-0.15, -0.1) is 0 Å². The van der Waals surface area contributed by atoms with E-state index in [-0.39, 0.29) is 12.4 Å². The van der Waals surface area contributed by atoms with Crippen molar-refractivity contribution in [3.8, 4) is 5.75 Å². The topological polar surface area (TPSA) is 135 Å². The maximum Gasteiger partial charge on any atom is 0.167 e. The Morgan fingerprint density at radius 1 is 1.15 bits per heavy atom. The number of fused-ring (bicyclic) bond motifs is 1. The SMILES string of the molecule is COC[C@H]1O[C@@H](n2cnc3c(Nc4ccc(O)cc4)ncnc32)[C@H](O)[C@@H]1O. The Morgan fingerprint density at radius 3 is 2.67 bits per heavy atom. The smallest absolute Gasteiger partial charge is 0.167 e. The Kier molecular flexibility index (Phi) is 4.62. The number of phenols is 1. The van der Waals surface area contributed by atoms with Gasteiger partial charge in [0.1, 0.15) is 30.4 Å². The molecule has 1 saturated heterocycles. The highest BCUT2D eigenvalue weighted by atomic mass is 16.6. The maximum atomic E-state index is 10.4. The van der Waals surface area contributed by atoms with Crippen molar-refractivity contribution in [2.75, 3.05) is 19.0 Å². The summed E-state index contributed by atoms with van der Waals surface area (Å²) in [6, 6.07) is 6.52. The second-order valence-corrected chi connectivity index (χ2v) is 6.22. The van der Waals surface area contributed by atoms with Gasteiger partial charge in [-0.3, -0.25) is 4.57 Å². The molecule has 1 aromatic carbocycles. The van der Waals surface area contributed by atoms with Crippen LogP contribution in [0.4, 0.5) is 11.5 Å². The van der Waals surface area contributed by atoms with Gasteiger partial charge in [0.25, 0.3) is 0 Å². The van der Waals surface area contributed by atoms with E-state index < -0.39 is 24.5 Å². The molecule has 4 rings (SSSR count). The average molecular weight is 373 g/mol. The molecule has 0 bridgehead atoms. The molecule has 1 aliphatic heterocycles. The molecule has 0 aliphatic carbocycles. The molecule has 4 N–H and O–H groups in total. The van der Waals surface area contributed by atoms with Gasteiger partial charge in [0, 0.05) is 12.8 Å². The molecular formula is C17H19N5O5. The van der Waals surface area contributed by atoms with Gasteiger partial charge in [-0.25, -0.2) is 15.0 Å². The number of benzene rings is 1. The zero-order chi connectivity index (χ0) is 19.0. The lowest BCUT2D eigenvalue weighted by Gasteiger charge is -2.16. The van der Waals surface area contributed by atoms with E-state index in [1.165, 1.54) is 19.8 Å². The van der Waals surface area contributed by atoms with Crippen molar-refractivity contribution < 1.29 is 24.8 Å². The van der Waals surface area contributed by atoms with Crippen molar-refractivity contribution in [2.24, 2.45) is 0 Å². The Hall–Kier alpha value is -2.79. The number of imidazole rings is 1. The first kappa shape index (κ1) is 17.6. The molecule has 4 atom stereocenters. The molecule has 1 fully saturated rings. The largest absolute Gasteiger partial charge is 0.508 e. The molecule has 10 heteroatoms. The van der Waals surface area contributed by atoms with Crippen LogP contribution < -0.4 is 5.32 Å². The van der Waals surface area contributed by atoms with E-state index >= 15 is 0 Å². The Bertz CT molecular complexity index is 931. The number of aliphatic hydroxyl groups excluding tert-OH is 2. The highest BCUT2D eigenvalue weighted by Gasteiger charge is 2.44. The van der Waals surface area contributed by atoms with E-state index in [1.54, 1.807) is 28.8 Å². The van der Waals surface area contributed by atoms with Crippen molar-refractivity contribution in [3.05, 3.63) is 36.9 Å². The zero-order valence-electron chi connectivity index (χ0n) is 14.4. The summed E-state index contributed by atoms with van der Waals surface area (Å²) in [5, 5.41) is 33.0. The predicted octanol–water partition coefficient (Wildman–Crippen LogP) is 0.541. The summed E-state index contributed by atoms with van der Waals surface area (Å²) in [7, 11) is 1.50. The minimum atomic E-state index is -1.15. The molecule has 0 spiro atoms. The van der Waals surface area contributed by atoms with Crippen LogP contribution in [0.3, 0.4) is 0 Å². The number of hydrogen-bond acceptors (Lipinski definition) is 9. The zero-order valence-corrected chi connectivity index (χ0v) is 14.4. The van der Waals surface area contributed by atoms with Crippen LogP contribution in [-0.4, -0.2) is 66.9 Å². The van der Waals surface area contributed by atoms with E-state index in [2.05, 4.69) is 20.3 Å². The normalized spacial score (nSPS) is 25.1. The van der Waals surface area contributed by atoms with Crippen molar-refractivity contribution in [1.29, 1.82) is 0 Å². The first-order valence-electron chi connectivity index (χ1n) is 8.32. The minimum Gasteiger partial charge on any atom is -0.508 e. The van der Waals surface area contributed by atoms with Gasteiger partial charge in [0.15, 0.2) is 23.2 Å². The minimum absolute atomic E-state index is 0.157. The maximum absolute atomic E-state index is 10.4. The lowest BCUT2D eigenvalue weighted by molar-refractivity contribution is -0.0580. The van der Waals surface area contributed by atoms with E-state index in [0.29, 0.717) is 17.0 Å². The predicted molar refractivity (Wildman–Crippen MR) is 94.5 cm³/mol.